The molecule has 1 aromatic rings. The monoisotopic (exact) mass is 337 g/mol. The Labute approximate surface area is 129 Å². The molecule has 1 aromatic carbocycles. The van der Waals surface area contributed by atoms with Crippen molar-refractivity contribution >= 4 is 10.0 Å². The van der Waals surface area contributed by atoms with Crippen molar-refractivity contribution in [1.82, 2.24) is 0 Å². The van der Waals surface area contributed by atoms with Crippen molar-refractivity contribution in [3.05, 3.63) is 29.3 Å². The van der Waals surface area contributed by atoms with E-state index in [1.165, 1.54) is 0 Å². The second kappa shape index (κ2) is 7.97. The van der Waals surface area contributed by atoms with Crippen LogP contribution in [0.3, 0.4) is 0 Å². The van der Waals surface area contributed by atoms with Crippen LogP contribution in [-0.4, -0.2) is 8.42 Å². The number of hydrogen-bond donors (Lipinski definition) is 1. The van der Waals surface area contributed by atoms with Crippen LogP contribution >= 0.6 is 0 Å². The lowest BCUT2D eigenvalue weighted by atomic mass is 10.00. The van der Waals surface area contributed by atoms with Crippen molar-refractivity contribution in [3.63, 3.8) is 0 Å². The van der Waals surface area contributed by atoms with Crippen molar-refractivity contribution in [3.8, 4) is 0 Å². The van der Waals surface area contributed by atoms with Gasteiger partial charge in [-0.3, -0.25) is 0 Å². The molecule has 7 heteroatoms. The van der Waals surface area contributed by atoms with Gasteiger partial charge in [-0.15, -0.1) is 0 Å². The third kappa shape index (κ3) is 5.61. The first-order valence-electron chi connectivity index (χ1n) is 7.39. The number of primary sulfonamides is 1. The minimum Gasteiger partial charge on any atom is -0.225 e. The third-order valence-corrected chi connectivity index (χ3v) is 4.52. The van der Waals surface area contributed by atoms with Gasteiger partial charge in [0, 0.05) is 0 Å². The Balaban J connectivity index is 2.94. The predicted octanol–water partition coefficient (Wildman–Crippen LogP) is 4.26. The van der Waals surface area contributed by atoms with E-state index < -0.39 is 26.7 Å². The molecular weight excluding hydrogens is 315 g/mol. The van der Waals surface area contributed by atoms with Crippen LogP contribution in [0.1, 0.15) is 56.6 Å². The van der Waals surface area contributed by atoms with Crippen LogP contribution in [0.2, 0.25) is 0 Å². The molecule has 2 N–H and O–H groups in total. The summed E-state index contributed by atoms with van der Waals surface area (Å²) >= 11 is 0. The van der Waals surface area contributed by atoms with E-state index in [2.05, 4.69) is 6.92 Å². The molecule has 0 spiro atoms. The van der Waals surface area contributed by atoms with Gasteiger partial charge in [-0.2, -0.15) is 13.2 Å². The number of alkyl halides is 3. The molecule has 0 aromatic heterocycles. The van der Waals surface area contributed by atoms with E-state index in [-0.39, 0.29) is 12.0 Å². The van der Waals surface area contributed by atoms with Gasteiger partial charge in [0.2, 0.25) is 10.0 Å². The third-order valence-electron chi connectivity index (χ3n) is 3.53. The van der Waals surface area contributed by atoms with Gasteiger partial charge in [-0.25, -0.2) is 13.6 Å². The fourth-order valence-electron chi connectivity index (χ4n) is 2.44. The highest BCUT2D eigenvalue weighted by Crippen LogP contribution is 2.35. The summed E-state index contributed by atoms with van der Waals surface area (Å²) in [6, 6.07) is 3.12. The van der Waals surface area contributed by atoms with Crippen molar-refractivity contribution < 1.29 is 21.6 Å². The summed E-state index contributed by atoms with van der Waals surface area (Å²) in [6.07, 6.45) is 0.932. The van der Waals surface area contributed by atoms with Gasteiger partial charge in [-0.1, -0.05) is 45.1 Å². The maximum absolute atomic E-state index is 13.1. The van der Waals surface area contributed by atoms with Gasteiger partial charge in [0.25, 0.3) is 0 Å². The number of nitrogens with two attached hydrogens (primary N) is 1. The molecule has 0 bridgehead atoms. The number of benzene rings is 1. The average molecular weight is 337 g/mol. The predicted molar refractivity (Wildman–Crippen MR) is 79.9 cm³/mol. The van der Waals surface area contributed by atoms with Gasteiger partial charge >= 0.3 is 6.18 Å². The smallest absolute Gasteiger partial charge is 0.225 e. The Morgan fingerprint density at radius 2 is 1.64 bits per heavy atom. The van der Waals surface area contributed by atoms with Gasteiger partial charge in [-0.05, 0) is 30.5 Å². The molecule has 0 aliphatic rings. The summed E-state index contributed by atoms with van der Waals surface area (Å²) in [5.41, 5.74) is -1.12. The summed E-state index contributed by atoms with van der Waals surface area (Å²) in [6.45, 7) is 2.08. The number of rotatable bonds is 8. The topological polar surface area (TPSA) is 60.2 Å². The molecule has 0 saturated carbocycles. The van der Waals surface area contributed by atoms with Crippen LogP contribution in [0.4, 0.5) is 13.2 Å². The zero-order chi connectivity index (χ0) is 16.8. The molecule has 126 valence electrons. The molecule has 22 heavy (non-hydrogen) atoms. The van der Waals surface area contributed by atoms with E-state index in [1.54, 1.807) is 0 Å². The van der Waals surface area contributed by atoms with Crippen LogP contribution in [0.15, 0.2) is 23.1 Å². The van der Waals surface area contributed by atoms with Crippen molar-refractivity contribution in [1.29, 1.82) is 0 Å². The Morgan fingerprint density at radius 1 is 1.05 bits per heavy atom. The molecule has 1 rings (SSSR count). The number of hydrogen-bond acceptors (Lipinski definition) is 2. The number of unbranched alkanes of at least 4 members (excludes halogenated alkanes) is 5. The maximum atomic E-state index is 13.1. The zero-order valence-electron chi connectivity index (χ0n) is 12.6. The molecule has 0 fully saturated rings. The van der Waals surface area contributed by atoms with E-state index in [0.29, 0.717) is 6.42 Å². The summed E-state index contributed by atoms with van der Waals surface area (Å²) < 4.78 is 62.2. The van der Waals surface area contributed by atoms with Crippen molar-refractivity contribution in [2.45, 2.75) is 62.9 Å². The zero-order valence-corrected chi connectivity index (χ0v) is 13.4. The molecule has 0 atom stereocenters. The fraction of sp³-hybridized carbons (Fsp3) is 0.600. The SMILES string of the molecule is CCCCCCCCc1c(C(F)(F)F)cccc1S(N)(=O)=O. The molecule has 0 saturated heterocycles. The van der Waals surface area contributed by atoms with Crippen molar-refractivity contribution in [2.24, 2.45) is 5.14 Å². The maximum Gasteiger partial charge on any atom is 0.416 e. The van der Waals surface area contributed by atoms with Gasteiger partial charge < -0.3 is 0 Å². The number of halogens is 3. The minimum atomic E-state index is -4.59. The highest BCUT2D eigenvalue weighted by molar-refractivity contribution is 7.89. The fourth-order valence-corrected chi connectivity index (χ4v) is 3.26. The molecule has 0 amide bonds. The number of sulfonamides is 1. The van der Waals surface area contributed by atoms with E-state index in [9.17, 15) is 21.6 Å². The van der Waals surface area contributed by atoms with Crippen LogP contribution in [0.5, 0.6) is 0 Å². The van der Waals surface area contributed by atoms with E-state index >= 15 is 0 Å². The average Bonchev–Trinajstić information content (AvgIpc) is 2.40. The van der Waals surface area contributed by atoms with Crippen molar-refractivity contribution in [2.75, 3.05) is 0 Å². The summed E-state index contributed by atoms with van der Waals surface area (Å²) in [7, 11) is -4.17. The lowest BCUT2D eigenvalue weighted by Crippen LogP contribution is -2.18. The molecule has 0 unspecified atom stereocenters. The Hall–Kier alpha value is -1.08. The van der Waals surface area contributed by atoms with Crippen LogP contribution in [0, 0.1) is 0 Å². The lowest BCUT2D eigenvalue weighted by Gasteiger charge is -2.16. The first-order valence-corrected chi connectivity index (χ1v) is 8.94. The molecule has 0 heterocycles. The second-order valence-electron chi connectivity index (χ2n) is 5.34. The van der Waals surface area contributed by atoms with E-state index in [4.69, 9.17) is 5.14 Å². The van der Waals surface area contributed by atoms with Crippen LogP contribution < -0.4 is 5.14 Å². The largest absolute Gasteiger partial charge is 0.416 e. The first kappa shape index (κ1) is 19.0. The molecule has 0 aliphatic carbocycles. The Kier molecular flexibility index (Phi) is 6.87. The standard InChI is InChI=1S/C15H22F3NO2S/c1-2-3-4-5-6-7-9-12-13(15(16,17)18)10-8-11-14(12)22(19,20)21/h8,10-11H,2-7,9H2,1H3,(H2,19,20,21). The second-order valence-corrected chi connectivity index (χ2v) is 6.87. The molecular formula is C15H22F3NO2S. The van der Waals surface area contributed by atoms with Crippen LogP contribution in [0.25, 0.3) is 0 Å². The Bertz CT molecular complexity index is 583. The van der Waals surface area contributed by atoms with E-state index in [1.807, 2.05) is 0 Å². The Morgan fingerprint density at radius 3 is 2.18 bits per heavy atom. The van der Waals surface area contributed by atoms with E-state index in [0.717, 1.165) is 50.3 Å². The normalized spacial score (nSPS) is 12.6. The van der Waals surface area contributed by atoms with Gasteiger partial charge in [0.1, 0.15) is 0 Å². The first-order chi connectivity index (χ1) is 10.2. The highest BCUT2D eigenvalue weighted by atomic mass is 32.2. The molecule has 0 radical (unpaired) electrons. The summed E-state index contributed by atoms with van der Waals surface area (Å²) in [4.78, 5) is -0.420. The molecule has 0 aliphatic heterocycles. The van der Waals surface area contributed by atoms with Gasteiger partial charge in [0.05, 0.1) is 10.5 Å². The molecule has 3 nitrogen and oxygen atoms in total. The highest BCUT2D eigenvalue weighted by Gasteiger charge is 2.35. The summed E-state index contributed by atoms with van der Waals surface area (Å²) in [5, 5.41) is 5.04. The van der Waals surface area contributed by atoms with Crippen LogP contribution in [-0.2, 0) is 22.6 Å². The summed E-state index contributed by atoms with van der Waals surface area (Å²) in [5.74, 6) is 0. The van der Waals surface area contributed by atoms with Gasteiger partial charge in [0.15, 0.2) is 0 Å². The quantitative estimate of drug-likeness (QED) is 0.721. The minimum absolute atomic E-state index is 0.0631. The lowest BCUT2D eigenvalue weighted by molar-refractivity contribution is -0.138.